The van der Waals surface area contributed by atoms with Gasteiger partial charge in [0.1, 0.15) is 5.76 Å². The normalized spacial score (nSPS) is 15.2. The van der Waals surface area contributed by atoms with E-state index in [2.05, 4.69) is 48.2 Å². The molecule has 0 spiro atoms. The molecule has 2 aromatic carbocycles. The number of likely N-dealkylation sites (tertiary alicyclic amines) is 1. The molecule has 5 nitrogen and oxygen atoms in total. The number of unbranched alkanes of at least 4 members (excludes halogenated alkanes) is 14. The van der Waals surface area contributed by atoms with Crippen molar-refractivity contribution in [1.82, 2.24) is 4.90 Å². The molecule has 0 amide bonds. The van der Waals surface area contributed by atoms with Crippen LogP contribution in [0.3, 0.4) is 0 Å². The molecule has 0 aromatic heterocycles. The highest BCUT2D eigenvalue weighted by Gasteiger charge is 2.30. The van der Waals surface area contributed by atoms with Crippen molar-refractivity contribution in [3.63, 3.8) is 0 Å². The van der Waals surface area contributed by atoms with Gasteiger partial charge in [-0.3, -0.25) is 9.69 Å². The molecule has 2 aliphatic rings. The fourth-order valence-electron chi connectivity index (χ4n) is 7.42. The number of hydrogen-bond donors (Lipinski definition) is 0. The summed E-state index contributed by atoms with van der Waals surface area (Å²) in [6, 6.07) is 14.8. The number of allylic oxidation sites excluding steroid dienone is 1. The van der Waals surface area contributed by atoms with Crippen LogP contribution in [0.15, 0.2) is 48.0 Å². The lowest BCUT2D eigenvalue weighted by molar-refractivity contribution is -0.136. The summed E-state index contributed by atoms with van der Waals surface area (Å²) < 4.78 is 17.4. The number of carbonyl (C=O) groups excluding carboxylic acids is 1. The third kappa shape index (κ3) is 12.6. The Bertz CT molecular complexity index is 1210. The Morgan fingerprint density at radius 1 is 0.745 bits per heavy atom. The summed E-state index contributed by atoms with van der Waals surface area (Å²) in [5.41, 5.74) is 4.78. The van der Waals surface area contributed by atoms with Gasteiger partial charge in [-0.25, -0.2) is 0 Å². The van der Waals surface area contributed by atoms with Crippen molar-refractivity contribution in [3.8, 4) is 11.5 Å². The molecule has 0 radical (unpaired) electrons. The van der Waals surface area contributed by atoms with Gasteiger partial charge in [0.15, 0.2) is 11.5 Å². The Labute approximate surface area is 286 Å². The van der Waals surface area contributed by atoms with Crippen LogP contribution in [0.5, 0.6) is 11.5 Å². The number of fused-ring (bicyclic) bond motifs is 1. The van der Waals surface area contributed by atoms with Gasteiger partial charge < -0.3 is 14.2 Å². The van der Waals surface area contributed by atoms with E-state index in [1.165, 1.54) is 107 Å². The fourth-order valence-corrected chi connectivity index (χ4v) is 7.42. The Hall–Kier alpha value is -2.79. The maximum atomic E-state index is 13.2. The Morgan fingerprint density at radius 2 is 1.30 bits per heavy atom. The van der Waals surface area contributed by atoms with Gasteiger partial charge in [-0.1, -0.05) is 127 Å². The molecule has 1 fully saturated rings. The first-order valence-electron chi connectivity index (χ1n) is 19.1. The first kappa shape index (κ1) is 37.0. The molecule has 0 bridgehead atoms. The Morgan fingerprint density at radius 3 is 1.87 bits per heavy atom. The van der Waals surface area contributed by atoms with Crippen LogP contribution in [0.25, 0.3) is 5.76 Å². The molecule has 0 atom stereocenters. The molecule has 47 heavy (non-hydrogen) atoms. The summed E-state index contributed by atoms with van der Waals surface area (Å²) in [5.74, 6) is 2.67. The van der Waals surface area contributed by atoms with Crippen molar-refractivity contribution in [2.24, 2.45) is 5.92 Å². The monoisotopic (exact) mass is 645 g/mol. The van der Waals surface area contributed by atoms with Gasteiger partial charge in [-0.2, -0.15) is 0 Å². The van der Waals surface area contributed by atoms with Gasteiger partial charge in [0.05, 0.1) is 14.2 Å². The second kappa shape index (κ2) is 21.2. The van der Waals surface area contributed by atoms with Crippen LogP contribution in [-0.2, 0) is 22.5 Å². The number of ether oxygens (including phenoxy) is 3. The molecule has 0 saturated carbocycles. The molecule has 4 rings (SSSR count). The SMILES string of the molecule is CCCCCCCCCCCCCCCCCC(=O)OC1=C(CC2CCN(Cc3ccccc3)CC2)Cc2cc(OC)c(OC)cc21. The summed E-state index contributed by atoms with van der Waals surface area (Å²) in [4.78, 5) is 15.7. The molecular formula is C42H63NO4. The maximum Gasteiger partial charge on any atom is 0.311 e. The maximum absolute atomic E-state index is 13.2. The topological polar surface area (TPSA) is 48.0 Å². The number of rotatable bonds is 23. The van der Waals surface area contributed by atoms with Crippen molar-refractivity contribution >= 4 is 11.7 Å². The first-order chi connectivity index (χ1) is 23.1. The van der Waals surface area contributed by atoms with Crippen molar-refractivity contribution in [2.75, 3.05) is 27.3 Å². The predicted octanol–water partition coefficient (Wildman–Crippen LogP) is 11.1. The summed E-state index contributed by atoms with van der Waals surface area (Å²) in [6.45, 7) is 5.52. The van der Waals surface area contributed by atoms with E-state index >= 15 is 0 Å². The number of esters is 1. The highest BCUT2D eigenvalue weighted by molar-refractivity contribution is 5.83. The van der Waals surface area contributed by atoms with E-state index in [-0.39, 0.29) is 5.97 Å². The largest absolute Gasteiger partial charge is 0.493 e. The van der Waals surface area contributed by atoms with Crippen molar-refractivity contribution in [2.45, 2.75) is 142 Å². The number of piperidine rings is 1. The van der Waals surface area contributed by atoms with Crippen LogP contribution in [0.2, 0.25) is 0 Å². The van der Waals surface area contributed by atoms with E-state index in [1.807, 2.05) is 6.07 Å². The molecule has 0 unspecified atom stereocenters. The Kier molecular flexibility index (Phi) is 16.7. The van der Waals surface area contributed by atoms with Crippen LogP contribution < -0.4 is 9.47 Å². The van der Waals surface area contributed by atoms with Crippen LogP contribution in [-0.4, -0.2) is 38.2 Å². The second-order valence-corrected chi connectivity index (χ2v) is 14.1. The van der Waals surface area contributed by atoms with Gasteiger partial charge in [0.2, 0.25) is 0 Å². The molecule has 1 heterocycles. The number of carbonyl (C=O) groups is 1. The average Bonchev–Trinajstić information content (AvgIpc) is 3.41. The molecule has 2 aromatic rings. The van der Waals surface area contributed by atoms with Crippen molar-refractivity contribution in [3.05, 3.63) is 64.7 Å². The highest BCUT2D eigenvalue weighted by atomic mass is 16.5. The zero-order valence-corrected chi connectivity index (χ0v) is 30.0. The Balaban J connectivity index is 1.19. The molecular weight excluding hydrogens is 582 g/mol. The summed E-state index contributed by atoms with van der Waals surface area (Å²) in [7, 11) is 3.34. The zero-order chi connectivity index (χ0) is 33.1. The second-order valence-electron chi connectivity index (χ2n) is 14.1. The van der Waals surface area contributed by atoms with E-state index in [9.17, 15) is 4.79 Å². The molecule has 1 saturated heterocycles. The molecule has 5 heteroatoms. The molecule has 1 aliphatic heterocycles. The number of methoxy groups -OCH3 is 2. The fraction of sp³-hybridized carbons (Fsp3) is 0.643. The predicted molar refractivity (Wildman–Crippen MR) is 195 cm³/mol. The van der Waals surface area contributed by atoms with Gasteiger partial charge in [0.25, 0.3) is 0 Å². The minimum absolute atomic E-state index is 0.104. The van der Waals surface area contributed by atoms with Crippen LogP contribution >= 0.6 is 0 Å². The average molecular weight is 646 g/mol. The van der Waals surface area contributed by atoms with Crippen molar-refractivity contribution < 1.29 is 19.0 Å². The standard InChI is InChI=1S/C42H63NO4/c1-4-5-6-7-8-9-10-11-12-13-14-15-16-17-21-24-41(44)47-42-37(30-36-31-39(45-2)40(46-3)32-38(36)42)29-34-25-27-43(28-26-34)33-35-22-19-18-20-23-35/h18-20,22-23,31-32,34H,4-17,21,24-30,33H2,1-3H3. The lowest BCUT2D eigenvalue weighted by atomic mass is 9.89. The summed E-state index contributed by atoms with van der Waals surface area (Å²) in [5, 5.41) is 0. The molecule has 260 valence electrons. The van der Waals surface area contributed by atoms with E-state index < -0.39 is 0 Å². The zero-order valence-electron chi connectivity index (χ0n) is 30.0. The van der Waals surface area contributed by atoms with Crippen LogP contribution in [0.4, 0.5) is 0 Å². The smallest absolute Gasteiger partial charge is 0.311 e. The van der Waals surface area contributed by atoms with Gasteiger partial charge in [-0.15, -0.1) is 0 Å². The van der Waals surface area contributed by atoms with E-state index in [1.54, 1.807) is 14.2 Å². The minimum atomic E-state index is -0.104. The minimum Gasteiger partial charge on any atom is -0.493 e. The van der Waals surface area contributed by atoms with E-state index in [4.69, 9.17) is 14.2 Å². The number of nitrogens with zero attached hydrogens (tertiary/aromatic N) is 1. The van der Waals surface area contributed by atoms with Gasteiger partial charge in [-0.05, 0) is 79.9 Å². The summed E-state index contributed by atoms with van der Waals surface area (Å²) in [6.07, 6.45) is 24.4. The lowest BCUT2D eigenvalue weighted by Gasteiger charge is -2.32. The molecule has 0 N–H and O–H groups in total. The highest BCUT2D eigenvalue weighted by Crippen LogP contribution is 2.43. The quantitative estimate of drug-likeness (QED) is 0.0889. The van der Waals surface area contributed by atoms with Crippen LogP contribution in [0, 0.1) is 5.92 Å². The third-order valence-electron chi connectivity index (χ3n) is 10.3. The van der Waals surface area contributed by atoms with Gasteiger partial charge in [0, 0.05) is 18.5 Å². The number of hydrogen-bond acceptors (Lipinski definition) is 5. The number of benzene rings is 2. The summed E-state index contributed by atoms with van der Waals surface area (Å²) >= 11 is 0. The lowest BCUT2D eigenvalue weighted by Crippen LogP contribution is -2.33. The van der Waals surface area contributed by atoms with Crippen LogP contribution in [0.1, 0.15) is 146 Å². The van der Waals surface area contributed by atoms with E-state index in [0.29, 0.717) is 18.1 Å². The third-order valence-corrected chi connectivity index (χ3v) is 10.3. The first-order valence-corrected chi connectivity index (χ1v) is 19.1. The molecule has 1 aliphatic carbocycles. The van der Waals surface area contributed by atoms with Gasteiger partial charge >= 0.3 is 5.97 Å². The van der Waals surface area contributed by atoms with E-state index in [0.717, 1.165) is 68.0 Å². The van der Waals surface area contributed by atoms with Crippen molar-refractivity contribution in [1.29, 1.82) is 0 Å².